The lowest BCUT2D eigenvalue weighted by molar-refractivity contribution is -0.148. The van der Waals surface area contributed by atoms with Gasteiger partial charge in [0.1, 0.15) is 0 Å². The molecule has 4 nitrogen and oxygen atoms in total. The highest BCUT2D eigenvalue weighted by molar-refractivity contribution is 7.98. The van der Waals surface area contributed by atoms with Crippen LogP contribution < -0.4 is 0 Å². The van der Waals surface area contributed by atoms with Gasteiger partial charge >= 0.3 is 5.97 Å². The molecule has 5 heteroatoms. The van der Waals surface area contributed by atoms with Crippen molar-refractivity contribution in [1.29, 1.82) is 0 Å². The number of hydrogen-bond donors (Lipinski definition) is 1. The Balaban J connectivity index is 1.63. The summed E-state index contributed by atoms with van der Waals surface area (Å²) in [4.78, 5) is 34.9. The lowest BCUT2D eigenvalue weighted by Crippen LogP contribution is -2.17. The van der Waals surface area contributed by atoms with Crippen LogP contribution >= 0.6 is 11.8 Å². The lowest BCUT2D eigenvalue weighted by Gasteiger charge is -2.06. The zero-order valence-electron chi connectivity index (χ0n) is 15.0. The van der Waals surface area contributed by atoms with Crippen LogP contribution in [0.4, 0.5) is 0 Å². The summed E-state index contributed by atoms with van der Waals surface area (Å²) in [5.41, 5.74) is 3.57. The molecule has 0 saturated carbocycles. The van der Waals surface area contributed by atoms with Crippen LogP contribution in [0.15, 0.2) is 83.8 Å². The van der Waals surface area contributed by atoms with Crippen molar-refractivity contribution >= 4 is 29.3 Å². The topological polar surface area (TPSA) is 71.4 Å². The first-order valence-corrected chi connectivity index (χ1v) is 9.68. The molecule has 3 rings (SSSR count). The van der Waals surface area contributed by atoms with Crippen LogP contribution in [0.25, 0.3) is 11.1 Å². The zero-order chi connectivity index (χ0) is 19.9. The predicted octanol–water partition coefficient (Wildman–Crippen LogP) is 4.87. The molecule has 0 aromatic heterocycles. The first kappa shape index (κ1) is 19.6. The number of Topliss-reactive ketones (excluding diaryl/α,β-unsaturated/α-hetero) is 2. The summed E-state index contributed by atoms with van der Waals surface area (Å²) in [6.45, 7) is 0. The molecule has 0 unspecified atom stereocenters. The van der Waals surface area contributed by atoms with Gasteiger partial charge in [-0.1, -0.05) is 66.7 Å². The van der Waals surface area contributed by atoms with Gasteiger partial charge in [0.25, 0.3) is 0 Å². The van der Waals surface area contributed by atoms with E-state index in [4.69, 9.17) is 5.11 Å². The van der Waals surface area contributed by atoms with Crippen molar-refractivity contribution in [2.45, 2.75) is 17.1 Å². The highest BCUT2D eigenvalue weighted by Gasteiger charge is 2.17. The van der Waals surface area contributed by atoms with E-state index in [1.807, 2.05) is 30.3 Å². The molecule has 0 atom stereocenters. The maximum absolute atomic E-state index is 12.0. The Bertz CT molecular complexity index is 977. The Morgan fingerprint density at radius 2 is 1.32 bits per heavy atom. The van der Waals surface area contributed by atoms with Crippen LogP contribution in [0.2, 0.25) is 0 Å². The van der Waals surface area contributed by atoms with Crippen LogP contribution in [-0.2, 0) is 15.3 Å². The van der Waals surface area contributed by atoms with Gasteiger partial charge in [0.15, 0.2) is 5.78 Å². The normalized spacial score (nSPS) is 10.4. The third-order valence-corrected chi connectivity index (χ3v) is 5.29. The fourth-order valence-electron chi connectivity index (χ4n) is 2.66. The van der Waals surface area contributed by atoms with Gasteiger partial charge < -0.3 is 5.11 Å². The Labute approximate surface area is 167 Å². The Kier molecular flexibility index (Phi) is 6.40. The molecule has 3 aromatic rings. The monoisotopic (exact) mass is 390 g/mol. The fraction of sp³-hybridized carbons (Fsp3) is 0.0870. The average Bonchev–Trinajstić information content (AvgIpc) is 2.73. The van der Waals surface area contributed by atoms with Crippen LogP contribution in [0.3, 0.4) is 0 Å². The first-order chi connectivity index (χ1) is 13.5. The molecule has 0 aliphatic rings. The van der Waals surface area contributed by atoms with Crippen molar-refractivity contribution in [3.8, 4) is 11.1 Å². The maximum atomic E-state index is 12.0. The highest BCUT2D eigenvalue weighted by Crippen LogP contribution is 2.27. The van der Waals surface area contributed by atoms with Crippen LogP contribution in [0.5, 0.6) is 0 Å². The molecule has 0 saturated heterocycles. The fourth-order valence-corrected chi connectivity index (χ4v) is 3.51. The number of carbonyl (C=O) groups is 3. The predicted molar refractivity (Wildman–Crippen MR) is 109 cm³/mol. The number of thioether (sulfide) groups is 1. The van der Waals surface area contributed by atoms with Crippen molar-refractivity contribution in [3.63, 3.8) is 0 Å². The number of carboxylic acid groups (broad SMARTS) is 1. The quantitative estimate of drug-likeness (QED) is 0.257. The molecule has 3 aromatic carbocycles. The summed E-state index contributed by atoms with van der Waals surface area (Å²) in [5, 5.41) is 8.59. The van der Waals surface area contributed by atoms with Crippen LogP contribution in [-0.4, -0.2) is 22.6 Å². The number of carboxylic acids is 1. The molecule has 0 radical (unpaired) electrons. The van der Waals surface area contributed by atoms with Crippen molar-refractivity contribution < 1.29 is 19.5 Å². The van der Waals surface area contributed by atoms with E-state index in [0.29, 0.717) is 5.56 Å². The molecule has 140 valence electrons. The van der Waals surface area contributed by atoms with E-state index in [1.165, 1.54) is 10.5 Å². The molecule has 0 amide bonds. The van der Waals surface area contributed by atoms with Gasteiger partial charge in [0, 0.05) is 16.2 Å². The Morgan fingerprint density at radius 1 is 0.750 bits per heavy atom. The summed E-state index contributed by atoms with van der Waals surface area (Å²) in [6.07, 6.45) is -0.623. The van der Waals surface area contributed by atoms with Crippen LogP contribution in [0, 0.1) is 0 Å². The summed E-state index contributed by atoms with van der Waals surface area (Å²) in [7, 11) is 0. The molecule has 0 fully saturated rings. The molecule has 0 heterocycles. The molecular weight excluding hydrogens is 372 g/mol. The van der Waals surface area contributed by atoms with Crippen molar-refractivity contribution in [3.05, 3.63) is 90.0 Å². The van der Waals surface area contributed by atoms with Crippen molar-refractivity contribution in [2.24, 2.45) is 0 Å². The van der Waals surface area contributed by atoms with E-state index in [9.17, 15) is 14.4 Å². The van der Waals surface area contributed by atoms with Crippen LogP contribution in [0.1, 0.15) is 22.3 Å². The van der Waals surface area contributed by atoms with E-state index in [0.717, 1.165) is 16.9 Å². The minimum atomic E-state index is -1.59. The largest absolute Gasteiger partial charge is 0.475 e. The molecule has 0 aliphatic carbocycles. The van der Waals surface area contributed by atoms with Crippen molar-refractivity contribution in [1.82, 2.24) is 0 Å². The number of hydrogen-bond acceptors (Lipinski definition) is 4. The van der Waals surface area contributed by atoms with Gasteiger partial charge in [-0.05, 0) is 28.8 Å². The van der Waals surface area contributed by atoms with Gasteiger partial charge in [0.05, 0.1) is 6.42 Å². The number of carbonyl (C=O) groups excluding carboxylic acids is 2. The van der Waals surface area contributed by atoms with Gasteiger partial charge in [-0.15, -0.1) is 11.8 Å². The second-order valence-corrected chi connectivity index (χ2v) is 7.25. The van der Waals surface area contributed by atoms with E-state index < -0.39 is 24.0 Å². The third-order valence-electron chi connectivity index (χ3n) is 4.20. The van der Waals surface area contributed by atoms with Gasteiger partial charge in [0.2, 0.25) is 5.78 Å². The Hall–Kier alpha value is -3.18. The SMILES string of the molecule is O=C(O)C(=O)CC(=O)c1ccc(-c2ccc(SCc3ccccc3)cc2)cc1. The smallest absolute Gasteiger partial charge is 0.372 e. The highest BCUT2D eigenvalue weighted by atomic mass is 32.2. The second kappa shape index (κ2) is 9.15. The number of ketones is 2. The maximum Gasteiger partial charge on any atom is 0.372 e. The molecule has 28 heavy (non-hydrogen) atoms. The minimum Gasteiger partial charge on any atom is -0.475 e. The Morgan fingerprint density at radius 3 is 1.89 bits per heavy atom. The van der Waals surface area contributed by atoms with Crippen molar-refractivity contribution in [2.75, 3.05) is 0 Å². The zero-order valence-corrected chi connectivity index (χ0v) is 15.8. The molecule has 1 N–H and O–H groups in total. The molecular formula is C23H18O4S. The summed E-state index contributed by atoms with van der Waals surface area (Å²) in [6, 6.07) is 25.3. The molecule has 0 aliphatic heterocycles. The summed E-state index contributed by atoms with van der Waals surface area (Å²) < 4.78 is 0. The summed E-state index contributed by atoms with van der Waals surface area (Å²) in [5.74, 6) is -2.27. The average molecular weight is 390 g/mol. The summed E-state index contributed by atoms with van der Waals surface area (Å²) >= 11 is 1.77. The number of rotatable bonds is 8. The van der Waals surface area contributed by atoms with E-state index in [1.54, 1.807) is 36.0 Å². The van der Waals surface area contributed by atoms with Gasteiger partial charge in [-0.25, -0.2) is 4.79 Å². The third kappa shape index (κ3) is 5.18. The number of benzene rings is 3. The second-order valence-electron chi connectivity index (χ2n) is 6.20. The van der Waals surface area contributed by atoms with Gasteiger partial charge in [-0.3, -0.25) is 9.59 Å². The minimum absolute atomic E-state index is 0.327. The standard InChI is InChI=1S/C23H18O4S/c24-21(14-22(25)23(26)27)19-8-6-17(7-9-19)18-10-12-20(13-11-18)28-15-16-4-2-1-3-5-16/h1-13H,14-15H2,(H,26,27). The molecule has 0 bridgehead atoms. The first-order valence-electron chi connectivity index (χ1n) is 8.69. The lowest BCUT2D eigenvalue weighted by atomic mass is 10.0. The van der Waals surface area contributed by atoms with E-state index in [-0.39, 0.29) is 0 Å². The van der Waals surface area contributed by atoms with E-state index in [2.05, 4.69) is 24.3 Å². The molecule has 0 spiro atoms. The van der Waals surface area contributed by atoms with Gasteiger partial charge in [-0.2, -0.15) is 0 Å². The number of aliphatic carboxylic acids is 1. The van der Waals surface area contributed by atoms with E-state index >= 15 is 0 Å².